The number of anilines is 1. The molecule has 0 aliphatic carbocycles. The van der Waals surface area contributed by atoms with Crippen LogP contribution in [0.1, 0.15) is 6.42 Å². The normalized spacial score (nSPS) is 21.5. The largest absolute Gasteiger partial charge is 0.481 e. The van der Waals surface area contributed by atoms with E-state index < -0.39 is 11.9 Å². The lowest BCUT2D eigenvalue weighted by Gasteiger charge is -2.36. The number of carbonyl (C=O) groups is 1. The topological polar surface area (TPSA) is 91.3 Å². The summed E-state index contributed by atoms with van der Waals surface area (Å²) in [6.07, 6.45) is 1.90. The first-order valence-electron chi connectivity index (χ1n) is 7.89. The Morgan fingerprint density at radius 1 is 1.33 bits per heavy atom. The minimum absolute atomic E-state index is 0.130. The summed E-state index contributed by atoms with van der Waals surface area (Å²) in [4.78, 5) is 25.6. The van der Waals surface area contributed by atoms with E-state index >= 15 is 0 Å². The van der Waals surface area contributed by atoms with Crippen molar-refractivity contribution in [3.05, 3.63) is 30.6 Å². The van der Waals surface area contributed by atoms with Crippen LogP contribution in [0.3, 0.4) is 0 Å². The summed E-state index contributed by atoms with van der Waals surface area (Å²) < 4.78 is 5.45. The molecule has 7 nitrogen and oxygen atoms in total. The fourth-order valence-electron chi connectivity index (χ4n) is 3.47. The van der Waals surface area contributed by atoms with Crippen molar-refractivity contribution < 1.29 is 14.6 Å². The molecule has 7 heteroatoms. The number of piperidine rings is 1. The predicted octanol–water partition coefficient (Wildman–Crippen LogP) is 2.04. The van der Waals surface area contributed by atoms with Crippen LogP contribution < -0.4 is 4.90 Å². The van der Waals surface area contributed by atoms with E-state index in [-0.39, 0.29) is 6.10 Å². The summed E-state index contributed by atoms with van der Waals surface area (Å²) in [7, 11) is 1.62. The molecule has 2 atom stereocenters. The summed E-state index contributed by atoms with van der Waals surface area (Å²) in [6, 6.07) is 7.95. The number of nitrogens with zero attached hydrogens (tertiary/aromatic N) is 3. The average molecular weight is 326 g/mol. The number of nitrogens with one attached hydrogen (secondary N) is 1. The fourth-order valence-corrected chi connectivity index (χ4v) is 3.47. The van der Waals surface area contributed by atoms with E-state index in [2.05, 4.69) is 15.0 Å². The number of carboxylic acids is 1. The number of benzene rings is 1. The minimum atomic E-state index is -0.800. The van der Waals surface area contributed by atoms with Gasteiger partial charge in [-0.25, -0.2) is 9.97 Å². The van der Waals surface area contributed by atoms with E-state index in [1.807, 2.05) is 29.2 Å². The first kappa shape index (κ1) is 14.9. The van der Waals surface area contributed by atoms with Gasteiger partial charge in [0.1, 0.15) is 17.8 Å². The number of aromatic amines is 1. The third-order valence-corrected chi connectivity index (χ3v) is 4.67. The maximum Gasteiger partial charge on any atom is 0.308 e. The Hall–Kier alpha value is -2.67. The third-order valence-electron chi connectivity index (χ3n) is 4.67. The SMILES string of the molecule is COC1CC(C(=O)O)CN(c2ncnc3[nH]c4ccccc4c23)C1. The molecule has 1 aliphatic rings. The summed E-state index contributed by atoms with van der Waals surface area (Å²) >= 11 is 0. The van der Waals surface area contributed by atoms with Crippen molar-refractivity contribution in [1.29, 1.82) is 0 Å². The summed E-state index contributed by atoms with van der Waals surface area (Å²) in [5, 5.41) is 11.4. The summed E-state index contributed by atoms with van der Waals surface area (Å²) in [5.41, 5.74) is 1.75. The summed E-state index contributed by atoms with van der Waals surface area (Å²) in [5.74, 6) is -0.518. The molecule has 2 aromatic heterocycles. The maximum atomic E-state index is 11.5. The van der Waals surface area contributed by atoms with Crippen molar-refractivity contribution in [2.75, 3.05) is 25.1 Å². The van der Waals surface area contributed by atoms with Crippen LogP contribution >= 0.6 is 0 Å². The number of aliphatic carboxylic acids is 1. The van der Waals surface area contributed by atoms with Gasteiger partial charge < -0.3 is 19.7 Å². The number of para-hydroxylation sites is 1. The van der Waals surface area contributed by atoms with Gasteiger partial charge in [-0.05, 0) is 12.5 Å². The first-order chi connectivity index (χ1) is 11.7. The van der Waals surface area contributed by atoms with Gasteiger partial charge in [0.15, 0.2) is 0 Å². The van der Waals surface area contributed by atoms with Gasteiger partial charge >= 0.3 is 5.97 Å². The molecule has 1 aliphatic heterocycles. The van der Waals surface area contributed by atoms with Gasteiger partial charge in [-0.3, -0.25) is 4.79 Å². The van der Waals surface area contributed by atoms with Gasteiger partial charge in [0.2, 0.25) is 0 Å². The predicted molar refractivity (Wildman–Crippen MR) is 90.1 cm³/mol. The van der Waals surface area contributed by atoms with E-state index in [9.17, 15) is 9.90 Å². The van der Waals surface area contributed by atoms with Crippen LogP contribution in [0.15, 0.2) is 30.6 Å². The zero-order valence-corrected chi connectivity index (χ0v) is 13.3. The molecule has 24 heavy (non-hydrogen) atoms. The molecule has 0 amide bonds. The Balaban J connectivity index is 1.84. The molecule has 0 spiro atoms. The third kappa shape index (κ3) is 2.37. The Kier molecular flexibility index (Phi) is 3.57. The number of ether oxygens (including phenoxy) is 1. The van der Waals surface area contributed by atoms with Crippen LogP contribution in [0.2, 0.25) is 0 Å². The van der Waals surface area contributed by atoms with Gasteiger partial charge in [-0.1, -0.05) is 18.2 Å². The van der Waals surface area contributed by atoms with Gasteiger partial charge in [0.05, 0.1) is 17.4 Å². The van der Waals surface area contributed by atoms with E-state index in [1.165, 1.54) is 6.33 Å². The molecule has 124 valence electrons. The smallest absolute Gasteiger partial charge is 0.308 e. The van der Waals surface area contributed by atoms with Crippen LogP contribution in [0.5, 0.6) is 0 Å². The highest BCUT2D eigenvalue weighted by Gasteiger charge is 2.33. The molecule has 1 fully saturated rings. The lowest BCUT2D eigenvalue weighted by molar-refractivity contribution is -0.143. The number of rotatable bonds is 3. The monoisotopic (exact) mass is 326 g/mol. The Bertz CT molecular complexity index is 907. The van der Waals surface area contributed by atoms with Crippen molar-refractivity contribution in [2.24, 2.45) is 5.92 Å². The van der Waals surface area contributed by atoms with E-state index in [4.69, 9.17) is 4.74 Å². The summed E-state index contributed by atoms with van der Waals surface area (Å²) in [6.45, 7) is 1.03. The van der Waals surface area contributed by atoms with Crippen molar-refractivity contribution >= 4 is 33.7 Å². The Morgan fingerprint density at radius 2 is 2.17 bits per heavy atom. The average Bonchev–Trinajstić information content (AvgIpc) is 2.99. The maximum absolute atomic E-state index is 11.5. The quantitative estimate of drug-likeness (QED) is 0.765. The van der Waals surface area contributed by atoms with E-state index in [0.29, 0.717) is 19.5 Å². The molecule has 1 saturated heterocycles. The number of hydrogen-bond donors (Lipinski definition) is 2. The second-order valence-corrected chi connectivity index (χ2v) is 6.13. The zero-order valence-electron chi connectivity index (χ0n) is 13.3. The lowest BCUT2D eigenvalue weighted by Crippen LogP contribution is -2.46. The standard InChI is InChI=1S/C17H18N4O3/c1-24-11-6-10(17(22)23)7-21(8-11)16-14-12-4-2-3-5-13(12)20-15(14)18-9-19-16/h2-5,9-11H,6-8H2,1H3,(H,22,23)(H,18,19,20). The first-order valence-corrected chi connectivity index (χ1v) is 7.89. The number of carboxylic acid groups (broad SMARTS) is 1. The molecule has 2 N–H and O–H groups in total. The van der Waals surface area contributed by atoms with Gasteiger partial charge in [-0.2, -0.15) is 0 Å². The van der Waals surface area contributed by atoms with Crippen molar-refractivity contribution in [1.82, 2.24) is 15.0 Å². The van der Waals surface area contributed by atoms with Gasteiger partial charge in [0, 0.05) is 31.1 Å². The zero-order chi connectivity index (χ0) is 16.7. The molecule has 3 aromatic rings. The molecule has 0 radical (unpaired) electrons. The lowest BCUT2D eigenvalue weighted by atomic mass is 9.95. The second-order valence-electron chi connectivity index (χ2n) is 6.13. The van der Waals surface area contributed by atoms with E-state index in [1.54, 1.807) is 7.11 Å². The molecule has 3 heterocycles. The number of fused-ring (bicyclic) bond motifs is 3. The number of H-pyrrole nitrogens is 1. The minimum Gasteiger partial charge on any atom is -0.481 e. The molecule has 1 aromatic carbocycles. The van der Waals surface area contributed by atoms with Crippen LogP contribution in [0.4, 0.5) is 5.82 Å². The molecular weight excluding hydrogens is 308 g/mol. The van der Waals surface area contributed by atoms with Crippen LogP contribution in [-0.4, -0.2) is 52.3 Å². The number of aromatic nitrogens is 3. The van der Waals surface area contributed by atoms with Crippen molar-refractivity contribution in [3.63, 3.8) is 0 Å². The van der Waals surface area contributed by atoms with Gasteiger partial charge in [0.25, 0.3) is 0 Å². The number of hydrogen-bond acceptors (Lipinski definition) is 5. The molecular formula is C17H18N4O3. The van der Waals surface area contributed by atoms with Gasteiger partial charge in [-0.15, -0.1) is 0 Å². The van der Waals surface area contributed by atoms with Crippen molar-refractivity contribution in [2.45, 2.75) is 12.5 Å². The molecule has 0 saturated carbocycles. The van der Waals surface area contributed by atoms with Crippen molar-refractivity contribution in [3.8, 4) is 0 Å². The van der Waals surface area contributed by atoms with Crippen LogP contribution in [0, 0.1) is 5.92 Å². The highest BCUT2D eigenvalue weighted by molar-refractivity contribution is 6.11. The van der Waals surface area contributed by atoms with Crippen LogP contribution in [0.25, 0.3) is 21.9 Å². The second kappa shape index (κ2) is 5.76. The Labute approximate surface area is 138 Å². The molecule has 2 unspecified atom stereocenters. The highest BCUT2D eigenvalue weighted by Crippen LogP contribution is 2.33. The van der Waals surface area contributed by atoms with E-state index in [0.717, 1.165) is 27.8 Å². The molecule has 0 bridgehead atoms. The number of methoxy groups -OCH3 is 1. The highest BCUT2D eigenvalue weighted by atomic mass is 16.5. The fraction of sp³-hybridized carbons (Fsp3) is 0.353. The van der Waals surface area contributed by atoms with Crippen LogP contribution in [-0.2, 0) is 9.53 Å². The Morgan fingerprint density at radius 3 is 2.96 bits per heavy atom. The molecule has 4 rings (SSSR count).